The number of aromatic nitrogens is 6. The topological polar surface area (TPSA) is 80.2 Å². The number of aromatic amines is 1. The summed E-state index contributed by atoms with van der Waals surface area (Å²) in [6.45, 7) is 0. The van der Waals surface area contributed by atoms with Crippen LogP contribution in [0, 0.1) is 0 Å². The van der Waals surface area contributed by atoms with Crippen LogP contribution in [0.25, 0.3) is 55.4 Å². The molecular formula is C21H12N6. The van der Waals surface area contributed by atoms with Crippen LogP contribution < -0.4 is 0 Å². The molecule has 0 bridgehead atoms. The van der Waals surface area contributed by atoms with E-state index in [4.69, 9.17) is 9.97 Å². The van der Waals surface area contributed by atoms with Gasteiger partial charge in [0.05, 0.1) is 39.3 Å². The lowest BCUT2D eigenvalue weighted by Crippen LogP contribution is -1.94. The van der Waals surface area contributed by atoms with E-state index in [-0.39, 0.29) is 0 Å². The smallest absolute Gasteiger partial charge is 0.158 e. The van der Waals surface area contributed by atoms with Gasteiger partial charge >= 0.3 is 0 Å². The molecule has 4 heterocycles. The average molecular weight is 348 g/mol. The maximum Gasteiger partial charge on any atom is 0.158 e. The van der Waals surface area contributed by atoms with Crippen molar-refractivity contribution in [3.63, 3.8) is 0 Å². The number of rotatable bonds is 1. The quantitative estimate of drug-likeness (QED) is 0.449. The van der Waals surface area contributed by atoms with Gasteiger partial charge in [-0.25, -0.2) is 9.97 Å². The predicted octanol–water partition coefficient (Wildman–Crippen LogP) is 4.27. The van der Waals surface area contributed by atoms with Gasteiger partial charge in [-0.15, -0.1) is 0 Å². The van der Waals surface area contributed by atoms with Crippen LogP contribution in [0.4, 0.5) is 0 Å². The highest BCUT2D eigenvalue weighted by atomic mass is 15.0. The molecule has 6 nitrogen and oxygen atoms in total. The molecule has 0 amide bonds. The molecule has 0 atom stereocenters. The van der Waals surface area contributed by atoms with E-state index in [1.165, 1.54) is 0 Å². The van der Waals surface area contributed by atoms with E-state index in [1.54, 1.807) is 18.6 Å². The second kappa shape index (κ2) is 5.28. The van der Waals surface area contributed by atoms with Crippen LogP contribution in [0.2, 0.25) is 0 Å². The van der Waals surface area contributed by atoms with Crippen LogP contribution in [-0.4, -0.2) is 29.9 Å². The van der Waals surface area contributed by atoms with Crippen LogP contribution in [0.1, 0.15) is 0 Å². The molecule has 0 aliphatic heterocycles. The van der Waals surface area contributed by atoms with Gasteiger partial charge in [0.1, 0.15) is 5.69 Å². The van der Waals surface area contributed by atoms with Crippen molar-refractivity contribution in [2.75, 3.05) is 0 Å². The molecule has 0 radical (unpaired) electrons. The van der Waals surface area contributed by atoms with Crippen LogP contribution in [-0.2, 0) is 0 Å². The molecule has 0 aliphatic carbocycles. The van der Waals surface area contributed by atoms with E-state index in [0.717, 1.165) is 43.9 Å². The van der Waals surface area contributed by atoms with Gasteiger partial charge in [-0.2, -0.15) is 0 Å². The Morgan fingerprint density at radius 3 is 2.11 bits per heavy atom. The number of nitrogens with one attached hydrogen (secondary N) is 1. The molecule has 6 aromatic rings. The van der Waals surface area contributed by atoms with E-state index in [0.29, 0.717) is 11.5 Å². The van der Waals surface area contributed by atoms with Gasteiger partial charge in [-0.1, -0.05) is 12.1 Å². The summed E-state index contributed by atoms with van der Waals surface area (Å²) in [5.41, 5.74) is 5.87. The minimum absolute atomic E-state index is 0.701. The molecule has 27 heavy (non-hydrogen) atoms. The zero-order chi connectivity index (χ0) is 17.8. The Morgan fingerprint density at radius 1 is 0.630 bits per heavy atom. The first kappa shape index (κ1) is 14.3. The number of nitrogens with zero attached hydrogens (tertiary/aromatic N) is 5. The highest BCUT2D eigenvalue weighted by Gasteiger charge is 2.14. The fourth-order valence-corrected chi connectivity index (χ4v) is 3.53. The monoisotopic (exact) mass is 348 g/mol. The normalized spacial score (nSPS) is 11.7. The first-order valence-electron chi connectivity index (χ1n) is 8.62. The molecule has 0 unspecified atom stereocenters. The summed E-state index contributed by atoms with van der Waals surface area (Å²) in [5, 5.41) is 1.88. The summed E-state index contributed by atoms with van der Waals surface area (Å²) in [7, 11) is 0. The summed E-state index contributed by atoms with van der Waals surface area (Å²) in [6, 6.07) is 15.8. The van der Waals surface area contributed by atoms with Crippen molar-refractivity contribution in [3.05, 3.63) is 67.1 Å². The number of pyridine rings is 2. The molecule has 4 aromatic heterocycles. The van der Waals surface area contributed by atoms with Crippen LogP contribution in [0.15, 0.2) is 67.1 Å². The number of imidazole rings is 1. The summed E-state index contributed by atoms with van der Waals surface area (Å²) in [5.74, 6) is 0.703. The highest BCUT2D eigenvalue weighted by molar-refractivity contribution is 6.20. The number of H-pyrrole nitrogens is 1. The van der Waals surface area contributed by atoms with Gasteiger partial charge in [-0.3, -0.25) is 15.0 Å². The zero-order valence-corrected chi connectivity index (χ0v) is 14.1. The minimum atomic E-state index is 0.701. The largest absolute Gasteiger partial charge is 0.337 e. The molecule has 0 spiro atoms. The SMILES string of the molecule is c1ccc2[nH]c(-c3cnc4c5cccnc5c5ncccc5c4n3)nc2c1. The van der Waals surface area contributed by atoms with Gasteiger partial charge in [0, 0.05) is 23.2 Å². The maximum atomic E-state index is 4.89. The Bertz CT molecular complexity index is 1420. The lowest BCUT2D eigenvalue weighted by Gasteiger charge is -2.08. The molecular weight excluding hydrogens is 336 g/mol. The Labute approximate surface area is 153 Å². The number of benzene rings is 2. The Morgan fingerprint density at radius 2 is 1.33 bits per heavy atom. The van der Waals surface area contributed by atoms with Crippen molar-refractivity contribution < 1.29 is 0 Å². The Kier molecular flexibility index (Phi) is 2.79. The predicted molar refractivity (Wildman–Crippen MR) is 105 cm³/mol. The van der Waals surface area contributed by atoms with E-state index < -0.39 is 0 Å². The third kappa shape index (κ3) is 2.04. The molecule has 2 aromatic carbocycles. The van der Waals surface area contributed by atoms with Gasteiger partial charge in [0.2, 0.25) is 0 Å². The van der Waals surface area contributed by atoms with Crippen LogP contribution >= 0.6 is 0 Å². The molecule has 6 rings (SSSR count). The van der Waals surface area contributed by atoms with Gasteiger partial charge in [-0.05, 0) is 36.4 Å². The van der Waals surface area contributed by atoms with Crippen molar-refractivity contribution in [1.82, 2.24) is 29.9 Å². The van der Waals surface area contributed by atoms with Crippen molar-refractivity contribution in [2.24, 2.45) is 0 Å². The third-order valence-electron chi connectivity index (χ3n) is 4.75. The van der Waals surface area contributed by atoms with Gasteiger partial charge in [0.25, 0.3) is 0 Å². The fraction of sp³-hybridized carbons (Fsp3) is 0. The molecule has 1 N–H and O–H groups in total. The van der Waals surface area contributed by atoms with E-state index >= 15 is 0 Å². The fourth-order valence-electron chi connectivity index (χ4n) is 3.53. The molecule has 0 saturated heterocycles. The van der Waals surface area contributed by atoms with Gasteiger partial charge in [0.15, 0.2) is 5.82 Å². The zero-order valence-electron chi connectivity index (χ0n) is 14.1. The lowest BCUT2D eigenvalue weighted by molar-refractivity contribution is 1.23. The number of hydrogen-bond donors (Lipinski definition) is 1. The standard InChI is InChI=1S/C21H12N6/c1-2-8-15-14(7-1)26-21(27-15)16-11-24-19-12-5-3-9-22-17(12)18-13(20(19)25-16)6-4-10-23-18/h1-11H,(H,26,27). The number of para-hydroxylation sites is 2. The number of fused-ring (bicyclic) bond motifs is 7. The summed E-state index contributed by atoms with van der Waals surface area (Å²) < 4.78 is 0. The lowest BCUT2D eigenvalue weighted by atomic mass is 10.1. The molecule has 6 heteroatoms. The first-order chi connectivity index (χ1) is 13.4. The van der Waals surface area contributed by atoms with E-state index in [2.05, 4.69) is 19.9 Å². The van der Waals surface area contributed by atoms with E-state index in [9.17, 15) is 0 Å². The maximum absolute atomic E-state index is 4.89. The molecule has 0 saturated carbocycles. The highest BCUT2D eigenvalue weighted by Crippen LogP contribution is 2.31. The van der Waals surface area contributed by atoms with Crippen molar-refractivity contribution >= 4 is 43.9 Å². The summed E-state index contributed by atoms with van der Waals surface area (Å²) in [6.07, 6.45) is 5.31. The van der Waals surface area contributed by atoms with Gasteiger partial charge < -0.3 is 4.98 Å². The first-order valence-corrected chi connectivity index (χ1v) is 8.62. The van der Waals surface area contributed by atoms with Crippen LogP contribution in [0.5, 0.6) is 0 Å². The third-order valence-corrected chi connectivity index (χ3v) is 4.75. The summed E-state index contributed by atoms with van der Waals surface area (Å²) >= 11 is 0. The van der Waals surface area contributed by atoms with Crippen LogP contribution in [0.3, 0.4) is 0 Å². The second-order valence-electron chi connectivity index (χ2n) is 6.35. The Balaban J connectivity index is 1.72. The number of hydrogen-bond acceptors (Lipinski definition) is 5. The second-order valence-corrected chi connectivity index (χ2v) is 6.35. The average Bonchev–Trinajstić information content (AvgIpc) is 3.18. The molecule has 0 fully saturated rings. The van der Waals surface area contributed by atoms with Crippen molar-refractivity contribution in [1.29, 1.82) is 0 Å². The summed E-state index contributed by atoms with van der Waals surface area (Å²) in [4.78, 5) is 26.6. The van der Waals surface area contributed by atoms with Crippen molar-refractivity contribution in [3.8, 4) is 11.5 Å². The van der Waals surface area contributed by atoms with E-state index in [1.807, 2.05) is 48.5 Å². The van der Waals surface area contributed by atoms with Crippen molar-refractivity contribution in [2.45, 2.75) is 0 Å². The Hall–Kier alpha value is -3.93. The minimum Gasteiger partial charge on any atom is -0.337 e. The molecule has 126 valence electrons. The molecule has 0 aliphatic rings.